The summed E-state index contributed by atoms with van der Waals surface area (Å²) in [5.41, 5.74) is 1.71. The Balaban J connectivity index is 1.97. The molecular weight excluding hydrogens is 188 g/mol. The molecule has 1 saturated carbocycles. The highest BCUT2D eigenvalue weighted by Gasteiger charge is 2.51. The van der Waals surface area contributed by atoms with Crippen LogP contribution in [0.2, 0.25) is 0 Å². The summed E-state index contributed by atoms with van der Waals surface area (Å²) in [5, 5.41) is 0. The summed E-state index contributed by atoms with van der Waals surface area (Å²) < 4.78 is 5.09. The Hall–Kier alpha value is -1.05. The zero-order valence-corrected chi connectivity index (χ0v) is 9.45. The first-order chi connectivity index (χ1) is 7.05. The Morgan fingerprint density at radius 2 is 2.47 bits per heavy atom. The predicted octanol–water partition coefficient (Wildman–Crippen LogP) is 2.71. The molecule has 0 unspecified atom stereocenters. The molecule has 15 heavy (non-hydrogen) atoms. The number of rotatable bonds is 3. The van der Waals surface area contributed by atoms with E-state index in [9.17, 15) is 4.79 Å². The van der Waals surface area contributed by atoms with Gasteiger partial charge in [-0.2, -0.15) is 0 Å². The Morgan fingerprint density at radius 3 is 3.00 bits per heavy atom. The molecule has 0 N–H and O–H groups in total. The Kier molecular flexibility index (Phi) is 2.45. The molecule has 0 aliphatic heterocycles. The second-order valence-corrected chi connectivity index (χ2v) is 5.13. The minimum atomic E-state index is -0.324. The minimum Gasteiger partial charge on any atom is -0.458 e. The first-order valence-corrected chi connectivity index (χ1v) is 5.54. The summed E-state index contributed by atoms with van der Waals surface area (Å²) >= 11 is 0. The maximum absolute atomic E-state index is 11.0. The van der Waals surface area contributed by atoms with Crippen LogP contribution in [0.1, 0.15) is 26.7 Å². The average molecular weight is 206 g/mol. The number of esters is 1. The molecule has 3 aliphatic carbocycles. The van der Waals surface area contributed by atoms with Crippen LogP contribution in [0.15, 0.2) is 24.3 Å². The van der Waals surface area contributed by atoms with Crippen LogP contribution in [-0.2, 0) is 9.53 Å². The maximum Gasteiger partial charge on any atom is 0.330 e. The second kappa shape index (κ2) is 3.51. The van der Waals surface area contributed by atoms with Gasteiger partial charge in [0.15, 0.2) is 0 Å². The van der Waals surface area contributed by atoms with Gasteiger partial charge >= 0.3 is 5.97 Å². The number of ether oxygens (including phenoxy) is 1. The van der Waals surface area contributed by atoms with Gasteiger partial charge in [0.25, 0.3) is 0 Å². The van der Waals surface area contributed by atoms with Crippen LogP contribution in [0, 0.1) is 17.3 Å². The van der Waals surface area contributed by atoms with Crippen molar-refractivity contribution in [1.29, 1.82) is 0 Å². The van der Waals surface area contributed by atoms with Crippen LogP contribution in [0.3, 0.4) is 0 Å². The predicted molar refractivity (Wildman–Crippen MR) is 59.2 cm³/mol. The number of hydrogen-bond acceptors (Lipinski definition) is 2. The largest absolute Gasteiger partial charge is 0.458 e. The molecule has 0 aromatic carbocycles. The highest BCUT2D eigenvalue weighted by Crippen LogP contribution is 2.59. The Labute approximate surface area is 91.0 Å². The lowest BCUT2D eigenvalue weighted by atomic mass is 9.49. The summed E-state index contributed by atoms with van der Waals surface area (Å²) in [5.74, 6) is 1.13. The van der Waals surface area contributed by atoms with Gasteiger partial charge < -0.3 is 4.74 Å². The number of carbonyl (C=O) groups is 1. The first kappa shape index (κ1) is 10.5. The lowest BCUT2D eigenvalue weighted by Gasteiger charge is -2.56. The van der Waals surface area contributed by atoms with E-state index in [2.05, 4.69) is 26.5 Å². The lowest BCUT2D eigenvalue weighted by molar-refractivity contribution is -0.137. The standard InChI is InChI=1S/C13H18O2/c1-4-12(14)15-8-9-5-6-10-7-11(9)13(10,2)3/h4-5,10-11H,1,6-8H2,2-3H3/t10-,11-/m0/s1. The van der Waals surface area contributed by atoms with E-state index in [4.69, 9.17) is 4.74 Å². The molecule has 2 bridgehead atoms. The first-order valence-electron chi connectivity index (χ1n) is 5.54. The quantitative estimate of drug-likeness (QED) is 0.403. The van der Waals surface area contributed by atoms with Crippen LogP contribution in [0.4, 0.5) is 0 Å². The molecular formula is C13H18O2. The molecule has 0 saturated heterocycles. The van der Waals surface area contributed by atoms with Gasteiger partial charge in [0.05, 0.1) is 0 Å². The summed E-state index contributed by atoms with van der Waals surface area (Å²) in [7, 11) is 0. The van der Waals surface area contributed by atoms with Crippen LogP contribution in [-0.4, -0.2) is 12.6 Å². The van der Waals surface area contributed by atoms with Gasteiger partial charge in [0, 0.05) is 6.08 Å². The summed E-state index contributed by atoms with van der Waals surface area (Å²) in [4.78, 5) is 11.0. The smallest absolute Gasteiger partial charge is 0.330 e. The molecule has 0 heterocycles. The van der Waals surface area contributed by atoms with Crippen molar-refractivity contribution in [3.05, 3.63) is 24.3 Å². The molecule has 3 rings (SSSR count). The fraction of sp³-hybridized carbons (Fsp3) is 0.615. The van der Waals surface area contributed by atoms with Crippen LogP contribution in [0.25, 0.3) is 0 Å². The summed E-state index contributed by atoms with van der Waals surface area (Å²) in [6, 6.07) is 0. The zero-order valence-electron chi connectivity index (χ0n) is 9.45. The highest BCUT2D eigenvalue weighted by molar-refractivity contribution is 5.81. The van der Waals surface area contributed by atoms with Crippen molar-refractivity contribution < 1.29 is 9.53 Å². The minimum absolute atomic E-state index is 0.324. The van der Waals surface area contributed by atoms with Gasteiger partial charge in [-0.3, -0.25) is 0 Å². The van der Waals surface area contributed by atoms with Gasteiger partial charge in [-0.25, -0.2) is 4.79 Å². The number of hydrogen-bond donors (Lipinski definition) is 0. The van der Waals surface area contributed by atoms with Gasteiger partial charge in [-0.15, -0.1) is 0 Å². The van der Waals surface area contributed by atoms with E-state index in [0.29, 0.717) is 17.9 Å². The van der Waals surface area contributed by atoms with Crippen molar-refractivity contribution in [2.24, 2.45) is 17.3 Å². The topological polar surface area (TPSA) is 26.3 Å². The van der Waals surface area contributed by atoms with Gasteiger partial charge in [0.1, 0.15) is 6.61 Å². The van der Waals surface area contributed by atoms with Crippen molar-refractivity contribution in [2.75, 3.05) is 6.61 Å². The molecule has 82 valence electrons. The molecule has 1 fully saturated rings. The zero-order chi connectivity index (χ0) is 11.1. The molecule has 0 amide bonds. The normalized spacial score (nSPS) is 31.2. The number of carbonyl (C=O) groups excluding carboxylic acids is 1. The molecule has 0 aromatic rings. The van der Waals surface area contributed by atoms with E-state index >= 15 is 0 Å². The van der Waals surface area contributed by atoms with E-state index < -0.39 is 0 Å². The Bertz CT molecular complexity index is 325. The van der Waals surface area contributed by atoms with Crippen LogP contribution < -0.4 is 0 Å². The molecule has 0 radical (unpaired) electrons. The molecule has 2 heteroatoms. The van der Waals surface area contributed by atoms with E-state index in [1.165, 1.54) is 18.1 Å². The SMILES string of the molecule is C=CC(=O)OCC1=CC[C@H]2C[C@@H]1C2(C)C. The third-order valence-corrected chi connectivity index (χ3v) is 4.13. The van der Waals surface area contributed by atoms with E-state index in [1.54, 1.807) is 0 Å². The average Bonchev–Trinajstić information content (AvgIpc) is 2.25. The van der Waals surface area contributed by atoms with Gasteiger partial charge in [0.2, 0.25) is 0 Å². The monoisotopic (exact) mass is 206 g/mol. The summed E-state index contributed by atoms with van der Waals surface area (Å²) in [6.07, 6.45) is 5.88. The van der Waals surface area contributed by atoms with Gasteiger partial charge in [-0.1, -0.05) is 26.5 Å². The highest BCUT2D eigenvalue weighted by atomic mass is 16.5. The van der Waals surface area contributed by atoms with Crippen molar-refractivity contribution in [3.8, 4) is 0 Å². The van der Waals surface area contributed by atoms with Crippen molar-refractivity contribution in [2.45, 2.75) is 26.7 Å². The van der Waals surface area contributed by atoms with E-state index in [0.717, 1.165) is 12.3 Å². The third kappa shape index (κ3) is 1.62. The van der Waals surface area contributed by atoms with E-state index in [1.807, 2.05) is 0 Å². The lowest BCUT2D eigenvalue weighted by Crippen LogP contribution is -2.48. The number of fused-ring (bicyclic) bond motifs is 1. The summed E-state index contributed by atoms with van der Waals surface area (Å²) in [6.45, 7) is 8.47. The fourth-order valence-corrected chi connectivity index (χ4v) is 2.85. The van der Waals surface area contributed by atoms with Crippen LogP contribution >= 0.6 is 0 Å². The molecule has 0 aromatic heterocycles. The molecule has 3 aliphatic rings. The van der Waals surface area contributed by atoms with E-state index in [-0.39, 0.29) is 5.97 Å². The van der Waals surface area contributed by atoms with Gasteiger partial charge in [-0.05, 0) is 35.7 Å². The molecule has 2 atom stereocenters. The molecule has 0 spiro atoms. The fourth-order valence-electron chi connectivity index (χ4n) is 2.85. The van der Waals surface area contributed by atoms with Crippen molar-refractivity contribution >= 4 is 5.97 Å². The third-order valence-electron chi connectivity index (χ3n) is 4.13. The second-order valence-electron chi connectivity index (χ2n) is 5.13. The van der Waals surface area contributed by atoms with Crippen molar-refractivity contribution in [3.63, 3.8) is 0 Å². The van der Waals surface area contributed by atoms with Crippen molar-refractivity contribution in [1.82, 2.24) is 0 Å². The van der Waals surface area contributed by atoms with Crippen LogP contribution in [0.5, 0.6) is 0 Å². The maximum atomic E-state index is 11.0. The molecule has 2 nitrogen and oxygen atoms in total. The number of allylic oxidation sites excluding steroid dienone is 1. The Morgan fingerprint density at radius 1 is 1.73 bits per heavy atom.